The molecule has 0 bridgehead atoms. The zero-order valence-corrected chi connectivity index (χ0v) is 10.1. The number of fused-ring (bicyclic) bond motifs is 1. The van der Waals surface area contributed by atoms with Crippen LogP contribution in [-0.2, 0) is 15.0 Å². The third-order valence-corrected chi connectivity index (χ3v) is 4.34. The van der Waals surface area contributed by atoms with Crippen molar-refractivity contribution in [2.24, 2.45) is 0 Å². The van der Waals surface area contributed by atoms with Crippen LogP contribution in [0.2, 0.25) is 0 Å². The minimum atomic E-state index is -3.40. The highest BCUT2D eigenvalue weighted by Crippen LogP contribution is 2.40. The monoisotopic (exact) mass is 243 g/mol. The Hall–Kier alpha value is -1.47. The first-order valence-corrected chi connectivity index (χ1v) is 6.04. The van der Waals surface area contributed by atoms with Crippen molar-refractivity contribution in [1.82, 2.24) is 0 Å². The summed E-state index contributed by atoms with van der Waals surface area (Å²) < 4.78 is 26.1. The van der Waals surface area contributed by atoms with Crippen LogP contribution in [0.4, 0.5) is 17.1 Å². The van der Waals surface area contributed by atoms with Crippen LogP contribution >= 0.6 is 0 Å². The standard InChI is InChI=1S/C9H13N3O3S/c1-11-8-5-4-7(10-15-3)6-9(8)12(2)16(11,13)14/h4-6,10H,1-3H3. The second-order valence-electron chi connectivity index (χ2n) is 3.45. The van der Waals surface area contributed by atoms with Crippen molar-refractivity contribution < 1.29 is 13.3 Å². The average Bonchev–Trinajstić information content (AvgIpc) is 2.42. The molecule has 0 saturated carbocycles. The Kier molecular flexibility index (Phi) is 2.43. The molecule has 1 aliphatic heterocycles. The van der Waals surface area contributed by atoms with Crippen LogP contribution in [0.1, 0.15) is 0 Å². The summed E-state index contributed by atoms with van der Waals surface area (Å²) >= 11 is 0. The first-order chi connectivity index (χ1) is 7.48. The Morgan fingerprint density at radius 2 is 1.81 bits per heavy atom. The lowest BCUT2D eigenvalue weighted by atomic mass is 10.2. The second kappa shape index (κ2) is 3.53. The Morgan fingerprint density at radius 1 is 1.19 bits per heavy atom. The Balaban J connectivity index is 2.52. The molecule has 0 amide bonds. The smallest absolute Gasteiger partial charge is 0.279 e. The highest BCUT2D eigenvalue weighted by Gasteiger charge is 2.35. The average molecular weight is 243 g/mol. The lowest BCUT2D eigenvalue weighted by molar-refractivity contribution is 0.271. The van der Waals surface area contributed by atoms with Crippen molar-refractivity contribution in [3.05, 3.63) is 18.2 Å². The molecule has 0 unspecified atom stereocenters. The largest absolute Gasteiger partial charge is 0.326 e. The lowest BCUT2D eigenvalue weighted by Gasteiger charge is -2.13. The minimum Gasteiger partial charge on any atom is -0.279 e. The first kappa shape index (κ1) is 11.0. The van der Waals surface area contributed by atoms with Crippen molar-refractivity contribution in [2.75, 3.05) is 35.3 Å². The van der Waals surface area contributed by atoms with Crippen LogP contribution in [0.5, 0.6) is 0 Å². The molecule has 16 heavy (non-hydrogen) atoms. The van der Waals surface area contributed by atoms with Gasteiger partial charge in [-0.2, -0.15) is 8.42 Å². The number of hydrogen-bond acceptors (Lipinski definition) is 4. The van der Waals surface area contributed by atoms with E-state index in [1.165, 1.54) is 29.8 Å². The molecule has 88 valence electrons. The van der Waals surface area contributed by atoms with Crippen LogP contribution in [0, 0.1) is 0 Å². The summed E-state index contributed by atoms with van der Waals surface area (Å²) in [4.78, 5) is 4.77. The molecular formula is C9H13N3O3S. The predicted octanol–water partition coefficient (Wildman–Crippen LogP) is 0.791. The van der Waals surface area contributed by atoms with Gasteiger partial charge in [0.2, 0.25) is 0 Å². The highest BCUT2D eigenvalue weighted by molar-refractivity contribution is 7.94. The van der Waals surface area contributed by atoms with E-state index >= 15 is 0 Å². The first-order valence-electron chi connectivity index (χ1n) is 4.64. The zero-order valence-electron chi connectivity index (χ0n) is 9.26. The molecule has 0 atom stereocenters. The maximum absolute atomic E-state index is 11.8. The van der Waals surface area contributed by atoms with Crippen LogP contribution in [0.15, 0.2) is 18.2 Å². The maximum atomic E-state index is 11.8. The molecule has 1 N–H and O–H groups in total. The van der Waals surface area contributed by atoms with E-state index in [9.17, 15) is 8.42 Å². The second-order valence-corrected chi connectivity index (χ2v) is 5.44. The van der Waals surface area contributed by atoms with Crippen LogP contribution < -0.4 is 14.1 Å². The summed E-state index contributed by atoms with van der Waals surface area (Å²) in [5.74, 6) is 0. The molecule has 0 radical (unpaired) electrons. The van der Waals surface area contributed by atoms with Crippen molar-refractivity contribution in [1.29, 1.82) is 0 Å². The van der Waals surface area contributed by atoms with Gasteiger partial charge in [-0.3, -0.25) is 18.9 Å². The van der Waals surface area contributed by atoms with E-state index in [1.54, 1.807) is 18.2 Å². The Bertz CT molecular complexity index is 515. The molecule has 0 aliphatic carbocycles. The summed E-state index contributed by atoms with van der Waals surface area (Å²) in [7, 11) is 1.15. The van der Waals surface area contributed by atoms with E-state index in [1.807, 2.05) is 0 Å². The van der Waals surface area contributed by atoms with Crippen LogP contribution in [0.3, 0.4) is 0 Å². The topological polar surface area (TPSA) is 61.9 Å². The van der Waals surface area contributed by atoms with Gasteiger partial charge in [0.05, 0.1) is 24.2 Å². The van der Waals surface area contributed by atoms with Gasteiger partial charge in [-0.05, 0) is 18.2 Å². The van der Waals surface area contributed by atoms with E-state index in [4.69, 9.17) is 4.84 Å². The van der Waals surface area contributed by atoms with Gasteiger partial charge in [0.1, 0.15) is 0 Å². The summed E-state index contributed by atoms with van der Waals surface area (Å²) in [5, 5.41) is 0. The summed E-state index contributed by atoms with van der Waals surface area (Å²) in [6.45, 7) is 0. The van der Waals surface area contributed by atoms with Gasteiger partial charge in [0.25, 0.3) is 0 Å². The van der Waals surface area contributed by atoms with Crippen molar-refractivity contribution in [3.8, 4) is 0 Å². The molecule has 0 fully saturated rings. The molecule has 6 nitrogen and oxygen atoms in total. The number of rotatable bonds is 2. The molecular weight excluding hydrogens is 230 g/mol. The summed E-state index contributed by atoms with van der Waals surface area (Å²) in [5.41, 5.74) is 4.65. The number of benzene rings is 1. The van der Waals surface area contributed by atoms with Crippen molar-refractivity contribution in [2.45, 2.75) is 0 Å². The fourth-order valence-corrected chi connectivity index (χ4v) is 2.82. The molecule has 1 aromatic carbocycles. The zero-order chi connectivity index (χ0) is 11.9. The Labute approximate surface area is 94.6 Å². The number of nitrogens with one attached hydrogen (secondary N) is 1. The molecule has 0 spiro atoms. The fourth-order valence-electron chi connectivity index (χ4n) is 1.66. The number of hydrogen-bond donors (Lipinski definition) is 1. The Morgan fingerprint density at radius 3 is 2.44 bits per heavy atom. The van der Waals surface area contributed by atoms with E-state index in [0.29, 0.717) is 17.1 Å². The summed E-state index contributed by atoms with van der Waals surface area (Å²) in [6.07, 6.45) is 0. The van der Waals surface area contributed by atoms with Gasteiger partial charge in [-0.25, -0.2) is 0 Å². The summed E-state index contributed by atoms with van der Waals surface area (Å²) in [6, 6.07) is 5.21. The third kappa shape index (κ3) is 1.40. The van der Waals surface area contributed by atoms with Crippen LogP contribution in [0.25, 0.3) is 0 Å². The normalized spacial score (nSPS) is 17.4. The molecule has 1 aromatic rings. The minimum absolute atomic E-state index is 0.629. The molecule has 2 rings (SSSR count). The van der Waals surface area contributed by atoms with Gasteiger partial charge in [0, 0.05) is 14.1 Å². The van der Waals surface area contributed by atoms with E-state index in [2.05, 4.69) is 5.48 Å². The van der Waals surface area contributed by atoms with Gasteiger partial charge < -0.3 is 0 Å². The SMILES string of the molecule is CONc1ccc2c(c1)N(C)S(=O)(=O)N2C. The quantitative estimate of drug-likeness (QED) is 0.780. The highest BCUT2D eigenvalue weighted by atomic mass is 32.2. The number of nitrogens with zero attached hydrogens (tertiary/aromatic N) is 2. The van der Waals surface area contributed by atoms with Gasteiger partial charge in [-0.1, -0.05) is 0 Å². The predicted molar refractivity (Wildman–Crippen MR) is 62.8 cm³/mol. The van der Waals surface area contributed by atoms with Crippen molar-refractivity contribution >= 4 is 27.3 Å². The van der Waals surface area contributed by atoms with E-state index in [-0.39, 0.29) is 0 Å². The van der Waals surface area contributed by atoms with E-state index < -0.39 is 10.2 Å². The molecule has 1 aliphatic rings. The van der Waals surface area contributed by atoms with E-state index in [0.717, 1.165) is 0 Å². The molecule has 1 heterocycles. The van der Waals surface area contributed by atoms with Gasteiger partial charge in [-0.15, -0.1) is 0 Å². The molecule has 0 saturated heterocycles. The lowest BCUT2D eigenvalue weighted by Crippen LogP contribution is -2.32. The van der Waals surface area contributed by atoms with Gasteiger partial charge in [0.15, 0.2) is 0 Å². The van der Waals surface area contributed by atoms with Gasteiger partial charge >= 0.3 is 10.2 Å². The maximum Gasteiger partial charge on any atom is 0.326 e. The molecule has 7 heteroatoms. The van der Waals surface area contributed by atoms with Crippen molar-refractivity contribution in [3.63, 3.8) is 0 Å². The fraction of sp³-hybridized carbons (Fsp3) is 0.333. The number of anilines is 3. The third-order valence-electron chi connectivity index (χ3n) is 2.57. The molecule has 0 aromatic heterocycles. The van der Waals surface area contributed by atoms with Crippen LogP contribution in [-0.4, -0.2) is 29.6 Å².